The Kier molecular flexibility index (Phi) is 6.39. The fraction of sp³-hybridized carbons (Fsp3) is 0.235. The molecule has 0 saturated heterocycles. The van der Waals surface area contributed by atoms with Crippen molar-refractivity contribution in [3.8, 4) is 5.75 Å². The molecule has 2 aromatic rings. The van der Waals surface area contributed by atoms with E-state index in [1.165, 1.54) is 43.5 Å². The Labute approximate surface area is 162 Å². The minimum Gasteiger partial charge on any atom is -0.496 e. The molecule has 1 amide bonds. The topological polar surface area (TPSA) is 84.5 Å². The molecule has 0 atom stereocenters. The van der Waals surface area contributed by atoms with Crippen LogP contribution in [0.2, 0.25) is 10.0 Å². The van der Waals surface area contributed by atoms with E-state index in [0.717, 1.165) is 0 Å². The molecule has 0 aliphatic rings. The fourth-order valence-electron chi connectivity index (χ4n) is 2.20. The molecule has 26 heavy (non-hydrogen) atoms. The van der Waals surface area contributed by atoms with Gasteiger partial charge in [0.2, 0.25) is 0 Å². The third-order valence-corrected chi connectivity index (χ3v) is 5.08. The van der Waals surface area contributed by atoms with Gasteiger partial charge in [0.25, 0.3) is 15.9 Å². The first-order chi connectivity index (χ1) is 12.1. The molecule has 0 heterocycles. The Hall–Kier alpha value is -1.96. The van der Waals surface area contributed by atoms with E-state index >= 15 is 0 Å². The molecule has 140 valence electrons. The zero-order valence-corrected chi connectivity index (χ0v) is 16.7. The van der Waals surface area contributed by atoms with E-state index in [0.29, 0.717) is 10.0 Å². The van der Waals surface area contributed by atoms with Gasteiger partial charge in [-0.3, -0.25) is 9.52 Å². The summed E-state index contributed by atoms with van der Waals surface area (Å²) in [4.78, 5) is 12.2. The van der Waals surface area contributed by atoms with Crippen molar-refractivity contribution in [2.75, 3.05) is 11.8 Å². The Balaban J connectivity index is 2.41. The summed E-state index contributed by atoms with van der Waals surface area (Å²) in [5, 5.41) is 3.29. The zero-order valence-electron chi connectivity index (χ0n) is 14.3. The lowest BCUT2D eigenvalue weighted by Gasteiger charge is -2.14. The lowest BCUT2D eigenvalue weighted by molar-refractivity contribution is 0.0940. The van der Waals surface area contributed by atoms with E-state index in [4.69, 9.17) is 27.9 Å². The highest BCUT2D eigenvalue weighted by molar-refractivity contribution is 7.92. The summed E-state index contributed by atoms with van der Waals surface area (Å²) in [6.45, 7) is 3.60. The largest absolute Gasteiger partial charge is 0.496 e. The van der Waals surface area contributed by atoms with Crippen LogP contribution in [0.5, 0.6) is 5.75 Å². The summed E-state index contributed by atoms with van der Waals surface area (Å²) >= 11 is 11.8. The summed E-state index contributed by atoms with van der Waals surface area (Å²) in [7, 11) is -2.55. The van der Waals surface area contributed by atoms with Gasteiger partial charge >= 0.3 is 0 Å². The van der Waals surface area contributed by atoms with E-state index in [-0.39, 0.29) is 27.9 Å². The summed E-state index contributed by atoms with van der Waals surface area (Å²) in [6.07, 6.45) is 0. The number of hydrogen-bond acceptors (Lipinski definition) is 4. The van der Waals surface area contributed by atoms with Gasteiger partial charge in [0, 0.05) is 16.1 Å². The molecule has 9 heteroatoms. The van der Waals surface area contributed by atoms with Gasteiger partial charge in [-0.05, 0) is 50.2 Å². The number of rotatable bonds is 6. The summed E-state index contributed by atoms with van der Waals surface area (Å²) in [6, 6.07) is 8.27. The highest BCUT2D eigenvalue weighted by atomic mass is 35.5. The second-order valence-corrected chi connectivity index (χ2v) is 8.31. The lowest BCUT2D eigenvalue weighted by Crippen LogP contribution is -2.30. The molecule has 2 aromatic carbocycles. The maximum atomic E-state index is 12.7. The molecular formula is C17H18Cl2N2O4S. The van der Waals surface area contributed by atoms with E-state index < -0.39 is 15.9 Å². The number of halogens is 2. The van der Waals surface area contributed by atoms with Crippen LogP contribution in [0, 0.1) is 0 Å². The van der Waals surface area contributed by atoms with Gasteiger partial charge in [-0.1, -0.05) is 23.2 Å². The number of amides is 1. The van der Waals surface area contributed by atoms with Crippen LogP contribution < -0.4 is 14.8 Å². The number of carbonyl (C=O) groups excluding carboxylic acids is 1. The summed E-state index contributed by atoms with van der Waals surface area (Å²) < 4.78 is 32.8. The van der Waals surface area contributed by atoms with Crippen molar-refractivity contribution in [3.63, 3.8) is 0 Å². The Bertz CT molecular complexity index is 910. The molecule has 0 aromatic heterocycles. The number of hydrogen-bond donors (Lipinski definition) is 2. The number of sulfonamides is 1. The minimum absolute atomic E-state index is 0.0942. The van der Waals surface area contributed by atoms with Crippen molar-refractivity contribution >= 4 is 44.8 Å². The van der Waals surface area contributed by atoms with E-state index in [9.17, 15) is 13.2 Å². The average Bonchev–Trinajstić information content (AvgIpc) is 2.52. The first-order valence-electron chi connectivity index (χ1n) is 7.60. The summed E-state index contributed by atoms with van der Waals surface area (Å²) in [5.41, 5.74) is 0.333. The van der Waals surface area contributed by atoms with Crippen LogP contribution >= 0.6 is 23.2 Å². The fourth-order valence-corrected chi connectivity index (χ4v) is 3.79. The molecule has 0 saturated carbocycles. The van der Waals surface area contributed by atoms with Crippen molar-refractivity contribution in [3.05, 3.63) is 52.0 Å². The van der Waals surface area contributed by atoms with Crippen LogP contribution in [-0.4, -0.2) is 27.5 Å². The van der Waals surface area contributed by atoms with E-state index in [1.807, 2.05) is 0 Å². The van der Waals surface area contributed by atoms with Crippen LogP contribution in [0.1, 0.15) is 24.2 Å². The molecule has 0 unspecified atom stereocenters. The molecule has 2 N–H and O–H groups in total. The van der Waals surface area contributed by atoms with Gasteiger partial charge in [0.05, 0.1) is 23.3 Å². The number of methoxy groups -OCH3 is 1. The van der Waals surface area contributed by atoms with Gasteiger partial charge in [-0.15, -0.1) is 0 Å². The Morgan fingerprint density at radius 3 is 2.23 bits per heavy atom. The Morgan fingerprint density at radius 1 is 1.08 bits per heavy atom. The molecule has 6 nitrogen and oxygen atoms in total. The van der Waals surface area contributed by atoms with Gasteiger partial charge in [-0.2, -0.15) is 0 Å². The van der Waals surface area contributed by atoms with Crippen molar-refractivity contribution < 1.29 is 17.9 Å². The van der Waals surface area contributed by atoms with Crippen molar-refractivity contribution in [1.29, 1.82) is 0 Å². The van der Waals surface area contributed by atoms with Gasteiger partial charge < -0.3 is 10.1 Å². The van der Waals surface area contributed by atoms with Crippen molar-refractivity contribution in [2.24, 2.45) is 0 Å². The van der Waals surface area contributed by atoms with Gasteiger partial charge in [0.15, 0.2) is 0 Å². The SMILES string of the molecule is COc1ccc(S(=O)(=O)Nc2cc(Cl)cc(Cl)c2)cc1C(=O)NC(C)C. The maximum absolute atomic E-state index is 12.7. The third-order valence-electron chi connectivity index (χ3n) is 3.26. The number of ether oxygens (including phenoxy) is 1. The smallest absolute Gasteiger partial charge is 0.261 e. The number of benzene rings is 2. The number of anilines is 1. The monoisotopic (exact) mass is 416 g/mol. The minimum atomic E-state index is -3.96. The maximum Gasteiger partial charge on any atom is 0.261 e. The van der Waals surface area contributed by atoms with Crippen LogP contribution in [0.25, 0.3) is 0 Å². The van der Waals surface area contributed by atoms with Gasteiger partial charge in [0.1, 0.15) is 5.75 Å². The highest BCUT2D eigenvalue weighted by Crippen LogP contribution is 2.27. The standard InChI is InChI=1S/C17H18Cl2N2O4S/c1-10(2)20-17(22)15-9-14(4-5-16(15)25-3)26(23,24)21-13-7-11(18)6-12(19)8-13/h4-10,21H,1-3H3,(H,20,22). The molecule has 0 aliphatic heterocycles. The van der Waals surface area contributed by atoms with Crippen LogP contribution in [-0.2, 0) is 10.0 Å². The predicted molar refractivity (Wildman–Crippen MR) is 103 cm³/mol. The van der Waals surface area contributed by atoms with Gasteiger partial charge in [-0.25, -0.2) is 8.42 Å². The quantitative estimate of drug-likeness (QED) is 0.746. The zero-order chi connectivity index (χ0) is 19.5. The van der Waals surface area contributed by atoms with E-state index in [2.05, 4.69) is 10.0 Å². The lowest BCUT2D eigenvalue weighted by atomic mass is 10.2. The molecule has 0 fully saturated rings. The molecular weight excluding hydrogens is 399 g/mol. The Morgan fingerprint density at radius 2 is 1.69 bits per heavy atom. The third kappa shape index (κ3) is 5.03. The van der Waals surface area contributed by atoms with Crippen LogP contribution in [0.15, 0.2) is 41.3 Å². The molecule has 2 rings (SSSR count). The first-order valence-corrected chi connectivity index (χ1v) is 9.84. The van der Waals surface area contributed by atoms with Crippen LogP contribution in [0.3, 0.4) is 0 Å². The highest BCUT2D eigenvalue weighted by Gasteiger charge is 2.20. The van der Waals surface area contributed by atoms with Crippen molar-refractivity contribution in [2.45, 2.75) is 24.8 Å². The van der Waals surface area contributed by atoms with Crippen LogP contribution in [0.4, 0.5) is 5.69 Å². The predicted octanol–water partition coefficient (Wildman–Crippen LogP) is 3.94. The average molecular weight is 417 g/mol. The second kappa shape index (κ2) is 8.16. The van der Waals surface area contributed by atoms with Crippen molar-refractivity contribution in [1.82, 2.24) is 5.32 Å². The summed E-state index contributed by atoms with van der Waals surface area (Å²) in [5.74, 6) is -0.160. The first kappa shape index (κ1) is 20.4. The van der Waals surface area contributed by atoms with E-state index in [1.54, 1.807) is 13.8 Å². The second-order valence-electron chi connectivity index (χ2n) is 5.75. The molecule has 0 bridgehead atoms. The molecule has 0 radical (unpaired) electrons. The number of carbonyl (C=O) groups is 1. The molecule has 0 spiro atoms. The normalized spacial score (nSPS) is 11.3. The number of nitrogens with one attached hydrogen (secondary N) is 2. The molecule has 0 aliphatic carbocycles.